The molecule has 0 aromatic heterocycles. The van der Waals surface area contributed by atoms with Crippen LogP contribution in [0.1, 0.15) is 23.2 Å². The van der Waals surface area contributed by atoms with Crippen LogP contribution in [-0.4, -0.2) is 32.4 Å². The summed E-state index contributed by atoms with van der Waals surface area (Å²) in [7, 11) is 1.36. The topological polar surface area (TPSA) is 44.8 Å². The Morgan fingerprint density at radius 1 is 1.56 bits per heavy atom. The van der Waals surface area contributed by atoms with Gasteiger partial charge in [-0.2, -0.15) is 0 Å². The molecular weight excluding hydrogens is 300 g/mol. The average Bonchev–Trinajstić information content (AvgIpc) is 2.89. The summed E-state index contributed by atoms with van der Waals surface area (Å²) in [6, 6.07) is 5.13. The first-order valence-electron chi connectivity index (χ1n) is 5.83. The van der Waals surface area contributed by atoms with Gasteiger partial charge in [0, 0.05) is 6.61 Å². The second kappa shape index (κ2) is 6.20. The molecule has 0 radical (unpaired) electrons. The average molecular weight is 315 g/mol. The Hall–Kier alpha value is -1.07. The van der Waals surface area contributed by atoms with Crippen LogP contribution in [0, 0.1) is 0 Å². The Balaban J connectivity index is 1.98. The quantitative estimate of drug-likeness (QED) is 0.802. The van der Waals surface area contributed by atoms with Crippen LogP contribution in [0.2, 0.25) is 0 Å². The van der Waals surface area contributed by atoms with E-state index in [9.17, 15) is 4.79 Å². The number of methoxy groups -OCH3 is 1. The van der Waals surface area contributed by atoms with E-state index >= 15 is 0 Å². The molecule has 1 heterocycles. The first-order chi connectivity index (χ1) is 8.70. The van der Waals surface area contributed by atoms with Gasteiger partial charge in [0.1, 0.15) is 12.4 Å². The number of halogens is 1. The van der Waals surface area contributed by atoms with E-state index in [0.717, 1.165) is 23.9 Å². The Morgan fingerprint density at radius 2 is 2.39 bits per heavy atom. The highest BCUT2D eigenvalue weighted by Crippen LogP contribution is 2.27. The maximum atomic E-state index is 11.3. The smallest absolute Gasteiger partial charge is 0.337 e. The second-order valence-corrected chi connectivity index (χ2v) is 4.94. The maximum absolute atomic E-state index is 11.3. The summed E-state index contributed by atoms with van der Waals surface area (Å²) in [5, 5.41) is 0. The number of benzene rings is 1. The molecule has 1 fully saturated rings. The van der Waals surface area contributed by atoms with Crippen molar-refractivity contribution in [2.45, 2.75) is 18.9 Å². The molecule has 98 valence electrons. The molecule has 1 aromatic rings. The van der Waals surface area contributed by atoms with Gasteiger partial charge in [0.15, 0.2) is 0 Å². The monoisotopic (exact) mass is 314 g/mol. The SMILES string of the molecule is COC(=O)c1ccc(OC[C@H]2CCCO2)c(Br)c1. The van der Waals surface area contributed by atoms with Crippen molar-refractivity contribution in [3.63, 3.8) is 0 Å². The molecule has 1 aliphatic rings. The molecule has 4 nitrogen and oxygen atoms in total. The number of ether oxygens (including phenoxy) is 3. The van der Waals surface area contributed by atoms with Crippen LogP contribution in [0.3, 0.4) is 0 Å². The summed E-state index contributed by atoms with van der Waals surface area (Å²) >= 11 is 3.38. The number of hydrogen-bond donors (Lipinski definition) is 0. The van der Waals surface area contributed by atoms with E-state index < -0.39 is 0 Å². The summed E-state index contributed by atoms with van der Waals surface area (Å²) in [5.74, 6) is 0.347. The Labute approximate surface area is 114 Å². The molecule has 0 amide bonds. The molecule has 0 spiro atoms. The van der Waals surface area contributed by atoms with Crippen molar-refractivity contribution in [1.29, 1.82) is 0 Å². The third-order valence-electron chi connectivity index (χ3n) is 2.80. The number of esters is 1. The summed E-state index contributed by atoms with van der Waals surface area (Å²) < 4.78 is 16.5. The van der Waals surface area contributed by atoms with Crippen molar-refractivity contribution in [3.8, 4) is 5.75 Å². The van der Waals surface area contributed by atoms with Gasteiger partial charge in [-0.15, -0.1) is 0 Å². The molecule has 0 unspecified atom stereocenters. The van der Waals surface area contributed by atoms with Crippen molar-refractivity contribution < 1.29 is 19.0 Å². The molecule has 1 saturated heterocycles. The van der Waals surface area contributed by atoms with Gasteiger partial charge < -0.3 is 14.2 Å². The molecule has 18 heavy (non-hydrogen) atoms. The van der Waals surface area contributed by atoms with E-state index in [-0.39, 0.29) is 12.1 Å². The molecule has 0 saturated carbocycles. The van der Waals surface area contributed by atoms with Gasteiger partial charge in [-0.1, -0.05) is 0 Å². The van der Waals surface area contributed by atoms with E-state index in [1.54, 1.807) is 18.2 Å². The molecule has 1 aromatic carbocycles. The minimum absolute atomic E-state index is 0.178. The van der Waals surface area contributed by atoms with Gasteiger partial charge in [0.05, 0.1) is 23.2 Å². The van der Waals surface area contributed by atoms with E-state index in [0.29, 0.717) is 17.9 Å². The van der Waals surface area contributed by atoms with E-state index in [1.807, 2.05) is 0 Å². The normalized spacial score (nSPS) is 18.7. The van der Waals surface area contributed by atoms with E-state index in [2.05, 4.69) is 20.7 Å². The fourth-order valence-electron chi connectivity index (χ4n) is 1.82. The number of carbonyl (C=O) groups excluding carboxylic acids is 1. The lowest BCUT2D eigenvalue weighted by molar-refractivity contribution is 0.0599. The Bertz CT molecular complexity index is 427. The lowest BCUT2D eigenvalue weighted by atomic mass is 10.2. The molecule has 0 bridgehead atoms. The van der Waals surface area contributed by atoms with Crippen LogP contribution in [0.25, 0.3) is 0 Å². The van der Waals surface area contributed by atoms with Gasteiger partial charge in [0.25, 0.3) is 0 Å². The van der Waals surface area contributed by atoms with Crippen LogP contribution >= 0.6 is 15.9 Å². The lowest BCUT2D eigenvalue weighted by Gasteiger charge is -2.13. The minimum Gasteiger partial charge on any atom is -0.490 e. The standard InChI is InChI=1S/C13H15BrO4/c1-16-13(15)9-4-5-12(11(14)7-9)18-8-10-3-2-6-17-10/h4-5,7,10H,2-3,6,8H2,1H3/t10-/m1/s1. The summed E-state index contributed by atoms with van der Waals surface area (Å²) in [4.78, 5) is 11.3. The summed E-state index contributed by atoms with van der Waals surface area (Å²) in [6.45, 7) is 1.35. The van der Waals surface area contributed by atoms with E-state index in [4.69, 9.17) is 9.47 Å². The van der Waals surface area contributed by atoms with Crippen molar-refractivity contribution in [2.75, 3.05) is 20.3 Å². The highest BCUT2D eigenvalue weighted by molar-refractivity contribution is 9.10. The zero-order valence-electron chi connectivity index (χ0n) is 10.1. The first-order valence-corrected chi connectivity index (χ1v) is 6.62. The third-order valence-corrected chi connectivity index (χ3v) is 3.42. The predicted molar refractivity (Wildman–Crippen MR) is 70.0 cm³/mol. The lowest BCUT2D eigenvalue weighted by Crippen LogP contribution is -2.16. The largest absolute Gasteiger partial charge is 0.490 e. The summed E-state index contributed by atoms with van der Waals surface area (Å²) in [6.07, 6.45) is 2.31. The fourth-order valence-corrected chi connectivity index (χ4v) is 2.31. The minimum atomic E-state index is -0.360. The summed E-state index contributed by atoms with van der Waals surface area (Å²) in [5.41, 5.74) is 0.494. The van der Waals surface area contributed by atoms with Crippen LogP contribution in [0.15, 0.2) is 22.7 Å². The van der Waals surface area contributed by atoms with Crippen molar-refractivity contribution in [1.82, 2.24) is 0 Å². The van der Waals surface area contributed by atoms with Gasteiger partial charge in [0.2, 0.25) is 0 Å². The van der Waals surface area contributed by atoms with Gasteiger partial charge in [-0.05, 0) is 47.0 Å². The van der Waals surface area contributed by atoms with Crippen molar-refractivity contribution >= 4 is 21.9 Å². The van der Waals surface area contributed by atoms with Crippen LogP contribution < -0.4 is 4.74 Å². The molecule has 1 atom stereocenters. The number of hydrogen-bond acceptors (Lipinski definition) is 4. The Kier molecular flexibility index (Phi) is 4.60. The highest BCUT2D eigenvalue weighted by atomic mass is 79.9. The molecule has 5 heteroatoms. The van der Waals surface area contributed by atoms with Crippen molar-refractivity contribution in [2.24, 2.45) is 0 Å². The maximum Gasteiger partial charge on any atom is 0.337 e. The zero-order valence-corrected chi connectivity index (χ0v) is 11.7. The van der Waals surface area contributed by atoms with E-state index in [1.165, 1.54) is 7.11 Å². The number of carbonyl (C=O) groups is 1. The highest BCUT2D eigenvalue weighted by Gasteiger charge is 2.17. The zero-order chi connectivity index (χ0) is 13.0. The first kappa shape index (κ1) is 13.4. The predicted octanol–water partition coefficient (Wildman–Crippen LogP) is 2.79. The molecular formula is C13H15BrO4. The molecule has 0 aliphatic carbocycles. The second-order valence-electron chi connectivity index (χ2n) is 4.08. The Morgan fingerprint density at radius 3 is 3.00 bits per heavy atom. The van der Waals surface area contributed by atoms with Gasteiger partial charge >= 0.3 is 5.97 Å². The van der Waals surface area contributed by atoms with Gasteiger partial charge in [-0.3, -0.25) is 0 Å². The molecule has 2 rings (SSSR count). The van der Waals surface area contributed by atoms with Gasteiger partial charge in [-0.25, -0.2) is 4.79 Å². The third kappa shape index (κ3) is 3.23. The van der Waals surface area contributed by atoms with Crippen LogP contribution in [0.4, 0.5) is 0 Å². The molecule has 0 N–H and O–H groups in total. The number of rotatable bonds is 4. The van der Waals surface area contributed by atoms with Crippen LogP contribution in [0.5, 0.6) is 5.75 Å². The molecule has 1 aliphatic heterocycles. The van der Waals surface area contributed by atoms with Crippen molar-refractivity contribution in [3.05, 3.63) is 28.2 Å². The van der Waals surface area contributed by atoms with Crippen LogP contribution in [-0.2, 0) is 9.47 Å². The fraction of sp³-hybridized carbons (Fsp3) is 0.462.